The molecule has 1 atom stereocenters. The van der Waals surface area contributed by atoms with Crippen LogP contribution in [0.1, 0.15) is 33.4 Å². The fourth-order valence-electron chi connectivity index (χ4n) is 15.2. The van der Waals surface area contributed by atoms with E-state index in [1.165, 1.54) is 163 Å². The molecule has 2 aliphatic heterocycles. The molecule has 1 spiro atoms. The molecule has 2 aliphatic carbocycles. The van der Waals surface area contributed by atoms with E-state index in [1.807, 2.05) is 23.5 Å². The van der Waals surface area contributed by atoms with Gasteiger partial charge in [-0.1, -0.05) is 249 Å². The molecule has 1 unspecified atom stereocenters. The van der Waals surface area contributed by atoms with Crippen molar-refractivity contribution in [2.75, 3.05) is 0 Å². The summed E-state index contributed by atoms with van der Waals surface area (Å²) in [6.07, 6.45) is 0. The summed E-state index contributed by atoms with van der Waals surface area (Å²) < 4.78 is 5.04. The Hall–Kier alpha value is -8.93. The summed E-state index contributed by atoms with van der Waals surface area (Å²) in [6, 6.07) is 97.7. The number of benzene rings is 12. The van der Waals surface area contributed by atoms with Gasteiger partial charge in [0.1, 0.15) is 0 Å². The molecule has 14 aromatic rings. The number of rotatable bonds is 4. The van der Waals surface area contributed by atoms with Gasteiger partial charge in [-0.25, -0.2) is 0 Å². The zero-order valence-corrected chi connectivity index (χ0v) is 46.2. The summed E-state index contributed by atoms with van der Waals surface area (Å²) >= 11 is 3.93. The Bertz CT molecular complexity index is 4940. The van der Waals surface area contributed by atoms with Crippen molar-refractivity contribution in [1.82, 2.24) is 9.13 Å². The van der Waals surface area contributed by atoms with Crippen LogP contribution in [0, 0.1) is 13.8 Å². The Kier molecular flexibility index (Phi) is 9.66. The molecular weight excluding hydrogens is 1010 g/mol. The molecule has 81 heavy (non-hydrogen) atoms. The second-order valence-corrected chi connectivity index (χ2v) is 24.8. The summed E-state index contributed by atoms with van der Waals surface area (Å²) in [5, 5.41) is 5.11. The molecule has 0 fully saturated rings. The van der Waals surface area contributed by atoms with Crippen molar-refractivity contribution in [3.05, 3.63) is 288 Å². The van der Waals surface area contributed by atoms with Crippen LogP contribution in [-0.2, 0) is 5.41 Å². The molecule has 18 rings (SSSR count). The number of hydrogen-bond acceptors (Lipinski definition) is 2. The highest BCUT2D eigenvalue weighted by molar-refractivity contribution is 8.00. The van der Waals surface area contributed by atoms with Crippen LogP contribution in [0.4, 0.5) is 0 Å². The van der Waals surface area contributed by atoms with Crippen LogP contribution in [0.15, 0.2) is 274 Å². The van der Waals surface area contributed by atoms with E-state index in [-0.39, 0.29) is 13.4 Å². The van der Waals surface area contributed by atoms with Gasteiger partial charge in [-0.3, -0.25) is 0 Å². The van der Waals surface area contributed by atoms with Crippen LogP contribution < -0.4 is 32.8 Å². The maximum atomic E-state index is 2.57. The van der Waals surface area contributed by atoms with E-state index in [9.17, 15) is 0 Å². The first-order valence-corrected chi connectivity index (χ1v) is 29.9. The highest BCUT2D eigenvalue weighted by Crippen LogP contribution is 2.66. The van der Waals surface area contributed by atoms with Gasteiger partial charge in [-0.15, -0.1) is 0 Å². The van der Waals surface area contributed by atoms with Crippen LogP contribution in [0.5, 0.6) is 0 Å². The summed E-state index contributed by atoms with van der Waals surface area (Å²) in [7, 11) is 0. The second kappa shape index (κ2) is 17.0. The summed E-state index contributed by atoms with van der Waals surface area (Å²) in [5.74, 6) is 0. The zero-order chi connectivity index (χ0) is 53.2. The number of aryl methyl sites for hydroxylation is 2. The molecule has 6 heteroatoms. The number of aromatic nitrogens is 2. The van der Waals surface area contributed by atoms with Crippen LogP contribution in [0.3, 0.4) is 0 Å². The topological polar surface area (TPSA) is 9.86 Å². The van der Waals surface area contributed by atoms with Crippen LogP contribution in [-0.4, -0.2) is 22.6 Å². The third-order valence-corrected chi connectivity index (χ3v) is 21.0. The minimum Gasteiger partial charge on any atom is -0.309 e. The predicted octanol–water partition coefficient (Wildman–Crippen LogP) is 14.8. The molecule has 0 saturated carbocycles. The van der Waals surface area contributed by atoms with Gasteiger partial charge < -0.3 is 9.13 Å². The quantitative estimate of drug-likeness (QED) is 0.163. The summed E-state index contributed by atoms with van der Waals surface area (Å²) in [5.41, 5.74) is 27.9. The van der Waals surface area contributed by atoms with Crippen molar-refractivity contribution < 1.29 is 0 Å². The van der Waals surface area contributed by atoms with Gasteiger partial charge in [-0.05, 0) is 120 Å². The molecule has 0 radical (unpaired) electrons. The van der Waals surface area contributed by atoms with Gasteiger partial charge in [0.2, 0.25) is 13.4 Å². The lowest BCUT2D eigenvalue weighted by Crippen LogP contribution is -2.55. The third kappa shape index (κ3) is 6.24. The number of fused-ring (bicyclic) bond motifs is 22. The normalized spacial score (nSPS) is 15.2. The maximum Gasteiger partial charge on any atom is 0.244 e. The molecule has 4 aliphatic rings. The SMILES string of the molecule is Cc1ccc2c(c1)c1cc(C)ccc1n2-c1ccc2c(c1)-c1c(ccc3c1Sc1ccccc1B3c1ccccc1)C21c2ccc(-n3c4ccccc4c4ccccc43)cc2-c2c1ccc1c2Sc2ccccc2B1c1ccccc1. The number of hydrogen-bond donors (Lipinski definition) is 0. The van der Waals surface area contributed by atoms with Gasteiger partial charge in [0.05, 0.1) is 27.5 Å². The first-order chi connectivity index (χ1) is 40.0. The molecule has 4 heterocycles. The molecule has 0 bridgehead atoms. The second-order valence-electron chi connectivity index (χ2n) is 22.7. The van der Waals surface area contributed by atoms with Crippen molar-refractivity contribution in [1.29, 1.82) is 0 Å². The Morgan fingerprint density at radius 2 is 0.716 bits per heavy atom. The largest absolute Gasteiger partial charge is 0.309 e. The standard InChI is InChI=1S/C75H48B2N2S2/c1-45-29-39-67-53(41-45)54-42-46(2)30-40-68(54)79(67)50-32-34-58-56(44-50)72-60(36-38-64-74(72)81-70-28-16-12-24-62(70)77(64)48-19-7-4-8-20-48)75(58)57-33-31-49(78-65-25-13-9-21-51(65)52-22-10-14-26-66(52)78)43-55(57)71-59(75)35-37-63-73(71)80-69-27-15-11-23-61(69)76(63)47-17-5-3-6-18-47/h3-44H,1-2H3. The monoisotopic (exact) mass is 1060 g/mol. The van der Waals surface area contributed by atoms with Gasteiger partial charge >= 0.3 is 0 Å². The molecular formula is C75H48B2N2S2. The first kappa shape index (κ1) is 45.9. The van der Waals surface area contributed by atoms with Crippen molar-refractivity contribution >= 4 is 113 Å². The van der Waals surface area contributed by atoms with E-state index >= 15 is 0 Å². The Balaban J connectivity index is 0.974. The highest BCUT2D eigenvalue weighted by atomic mass is 32.2. The van der Waals surface area contributed by atoms with Gasteiger partial charge in [0.25, 0.3) is 0 Å². The van der Waals surface area contributed by atoms with Crippen molar-refractivity contribution in [3.8, 4) is 33.6 Å². The van der Waals surface area contributed by atoms with E-state index in [4.69, 9.17) is 0 Å². The molecule has 0 saturated heterocycles. The molecule has 2 nitrogen and oxygen atoms in total. The first-order valence-electron chi connectivity index (χ1n) is 28.3. The fraction of sp³-hybridized carbons (Fsp3) is 0.0400. The average molecular weight is 1060 g/mol. The predicted molar refractivity (Wildman–Crippen MR) is 344 cm³/mol. The summed E-state index contributed by atoms with van der Waals surface area (Å²) in [4.78, 5) is 5.34. The molecule has 376 valence electrons. The van der Waals surface area contributed by atoms with E-state index in [1.54, 1.807) is 0 Å². The molecule has 0 N–H and O–H groups in total. The molecule has 2 aromatic heterocycles. The highest BCUT2D eigenvalue weighted by Gasteiger charge is 2.55. The average Bonchev–Trinajstić information content (AvgIpc) is 2.21. The Morgan fingerprint density at radius 3 is 1.19 bits per heavy atom. The lowest BCUT2D eigenvalue weighted by atomic mass is 9.36. The van der Waals surface area contributed by atoms with E-state index < -0.39 is 5.41 Å². The van der Waals surface area contributed by atoms with Crippen molar-refractivity contribution in [3.63, 3.8) is 0 Å². The van der Waals surface area contributed by atoms with Crippen molar-refractivity contribution in [2.45, 2.75) is 38.8 Å². The van der Waals surface area contributed by atoms with Gasteiger partial charge in [0.15, 0.2) is 0 Å². The number of nitrogens with zero attached hydrogens (tertiary/aromatic N) is 2. The Morgan fingerprint density at radius 1 is 0.321 bits per heavy atom. The maximum absolute atomic E-state index is 2.57. The van der Waals surface area contributed by atoms with Crippen LogP contribution in [0.25, 0.3) is 77.2 Å². The van der Waals surface area contributed by atoms with Crippen molar-refractivity contribution in [2.24, 2.45) is 0 Å². The fourth-order valence-corrected chi connectivity index (χ4v) is 17.8. The van der Waals surface area contributed by atoms with Gasteiger partial charge in [-0.2, -0.15) is 0 Å². The van der Waals surface area contributed by atoms with Gasteiger partial charge in [0, 0.05) is 63.6 Å². The minimum absolute atomic E-state index is 0.0753. The lowest BCUT2D eigenvalue weighted by Gasteiger charge is -2.33. The van der Waals surface area contributed by atoms with E-state index in [0.717, 1.165) is 0 Å². The minimum atomic E-state index is -0.647. The Labute approximate surface area is 479 Å². The van der Waals surface area contributed by atoms with E-state index in [2.05, 4.69) is 278 Å². The zero-order valence-electron chi connectivity index (χ0n) is 44.6. The van der Waals surface area contributed by atoms with Crippen LogP contribution >= 0.6 is 23.5 Å². The lowest BCUT2D eigenvalue weighted by molar-refractivity contribution is 0.791. The molecule has 12 aromatic carbocycles. The third-order valence-electron chi connectivity index (χ3n) is 18.5. The summed E-state index contributed by atoms with van der Waals surface area (Å²) in [6.45, 7) is 4.58. The van der Waals surface area contributed by atoms with Crippen LogP contribution in [0.2, 0.25) is 0 Å². The molecule has 0 amide bonds. The van der Waals surface area contributed by atoms with E-state index in [0.29, 0.717) is 0 Å². The smallest absolute Gasteiger partial charge is 0.244 e. The number of para-hydroxylation sites is 2.